The fourth-order valence-electron chi connectivity index (χ4n) is 3.51. The number of imide groups is 1. The number of rotatable bonds is 3. The van der Waals surface area contributed by atoms with E-state index >= 15 is 0 Å². The molecule has 7 nitrogen and oxygen atoms in total. The van der Waals surface area contributed by atoms with Crippen LogP contribution >= 0.6 is 11.6 Å². The van der Waals surface area contributed by atoms with Crippen molar-refractivity contribution in [3.05, 3.63) is 34.9 Å². The minimum absolute atomic E-state index is 0.0841. The number of carbonyl (C=O) groups is 3. The number of nitrogens with zero attached hydrogens (tertiary/aromatic N) is 2. The molecule has 3 atom stereocenters. The van der Waals surface area contributed by atoms with Gasteiger partial charge in [0.25, 0.3) is 5.91 Å². The van der Waals surface area contributed by atoms with Crippen molar-refractivity contribution in [3.8, 4) is 0 Å². The number of benzene rings is 1. The zero-order valence-corrected chi connectivity index (χ0v) is 15.7. The van der Waals surface area contributed by atoms with Crippen LogP contribution in [0.1, 0.15) is 26.3 Å². The molecule has 0 bridgehead atoms. The van der Waals surface area contributed by atoms with Crippen molar-refractivity contribution in [3.63, 3.8) is 0 Å². The van der Waals surface area contributed by atoms with Crippen molar-refractivity contribution in [2.75, 3.05) is 19.6 Å². The minimum atomic E-state index is -1.29. The number of hydrogen-bond donors (Lipinski definition) is 1. The van der Waals surface area contributed by atoms with E-state index in [1.54, 1.807) is 36.1 Å². The number of ether oxygens (including phenoxy) is 1. The zero-order valence-electron chi connectivity index (χ0n) is 15.0. The minimum Gasteiger partial charge on any atom is -0.372 e. The Bertz CT molecular complexity index is 746. The van der Waals surface area contributed by atoms with Gasteiger partial charge < -0.3 is 15.0 Å². The highest BCUT2D eigenvalue weighted by Crippen LogP contribution is 2.33. The first kappa shape index (κ1) is 18.7. The van der Waals surface area contributed by atoms with Crippen LogP contribution in [-0.4, -0.2) is 59.5 Å². The molecule has 2 aliphatic rings. The maximum Gasteiger partial charge on any atom is 0.325 e. The van der Waals surface area contributed by atoms with Gasteiger partial charge in [-0.05, 0) is 26.8 Å². The first-order valence-electron chi connectivity index (χ1n) is 8.54. The van der Waals surface area contributed by atoms with Crippen LogP contribution in [-0.2, 0) is 19.9 Å². The fourth-order valence-corrected chi connectivity index (χ4v) is 3.83. The summed E-state index contributed by atoms with van der Waals surface area (Å²) in [6.07, 6.45) is -0.168. The molecule has 2 fully saturated rings. The largest absolute Gasteiger partial charge is 0.372 e. The summed E-state index contributed by atoms with van der Waals surface area (Å²) in [5.41, 5.74) is -0.787. The molecule has 2 heterocycles. The molecule has 3 rings (SSSR count). The average molecular weight is 380 g/mol. The number of carbonyl (C=O) groups excluding carboxylic acids is 3. The number of morpholine rings is 1. The van der Waals surface area contributed by atoms with Gasteiger partial charge in [0.05, 0.1) is 12.2 Å². The molecule has 8 heteroatoms. The molecule has 1 aromatic carbocycles. The van der Waals surface area contributed by atoms with Gasteiger partial charge in [-0.3, -0.25) is 14.5 Å². The quantitative estimate of drug-likeness (QED) is 0.811. The van der Waals surface area contributed by atoms with E-state index in [-0.39, 0.29) is 24.7 Å². The third kappa shape index (κ3) is 3.29. The van der Waals surface area contributed by atoms with Crippen molar-refractivity contribution < 1.29 is 19.1 Å². The highest BCUT2D eigenvalue weighted by atomic mass is 35.5. The summed E-state index contributed by atoms with van der Waals surface area (Å²) in [5, 5.41) is 3.05. The standard InChI is InChI=1S/C18H22ClN3O4/c1-11-8-21(9-12(2)26-11)15(23)10-22-16(24)18(3,20-17(22)25)13-6-4-5-7-14(13)19/h4-7,11-12H,8-10H2,1-3H3,(H,20,25)/t11-,12+,18-/m1/s1. The van der Waals surface area contributed by atoms with E-state index in [0.717, 1.165) is 4.90 Å². The van der Waals surface area contributed by atoms with Crippen LogP contribution in [0, 0.1) is 0 Å². The topological polar surface area (TPSA) is 79.0 Å². The number of amides is 4. The Balaban J connectivity index is 1.77. The molecule has 140 valence electrons. The van der Waals surface area contributed by atoms with Crippen molar-refractivity contribution in [1.82, 2.24) is 15.1 Å². The van der Waals surface area contributed by atoms with Gasteiger partial charge in [0, 0.05) is 23.7 Å². The van der Waals surface area contributed by atoms with Crippen molar-refractivity contribution in [1.29, 1.82) is 0 Å². The second-order valence-electron chi connectivity index (χ2n) is 6.98. The van der Waals surface area contributed by atoms with E-state index in [0.29, 0.717) is 23.7 Å². The van der Waals surface area contributed by atoms with Gasteiger partial charge in [0.15, 0.2) is 0 Å². The summed E-state index contributed by atoms with van der Waals surface area (Å²) < 4.78 is 5.61. The highest BCUT2D eigenvalue weighted by Gasteiger charge is 2.50. The molecular formula is C18H22ClN3O4. The van der Waals surface area contributed by atoms with E-state index in [9.17, 15) is 14.4 Å². The molecule has 0 radical (unpaired) electrons. The number of nitrogens with one attached hydrogen (secondary N) is 1. The Hall–Kier alpha value is -2.12. The molecule has 0 unspecified atom stereocenters. The van der Waals surface area contributed by atoms with Crippen LogP contribution in [0.3, 0.4) is 0 Å². The second-order valence-corrected chi connectivity index (χ2v) is 7.39. The van der Waals surface area contributed by atoms with Crippen LogP contribution in [0.15, 0.2) is 24.3 Å². The van der Waals surface area contributed by atoms with Crippen LogP contribution in [0.4, 0.5) is 4.79 Å². The Labute approximate surface area is 157 Å². The second kappa shape index (κ2) is 6.89. The monoisotopic (exact) mass is 379 g/mol. The van der Waals surface area contributed by atoms with E-state index in [4.69, 9.17) is 16.3 Å². The smallest absolute Gasteiger partial charge is 0.325 e. The Morgan fingerprint density at radius 1 is 1.27 bits per heavy atom. The molecule has 26 heavy (non-hydrogen) atoms. The molecule has 0 aromatic heterocycles. The van der Waals surface area contributed by atoms with Crippen molar-refractivity contribution in [2.24, 2.45) is 0 Å². The molecule has 4 amide bonds. The van der Waals surface area contributed by atoms with Gasteiger partial charge in [-0.1, -0.05) is 29.8 Å². The molecule has 0 spiro atoms. The molecule has 2 aliphatic heterocycles. The summed E-state index contributed by atoms with van der Waals surface area (Å²) in [6.45, 7) is 5.95. The van der Waals surface area contributed by atoms with Gasteiger partial charge in [-0.15, -0.1) is 0 Å². The first-order chi connectivity index (χ1) is 12.2. The van der Waals surface area contributed by atoms with Gasteiger partial charge in [0.1, 0.15) is 12.1 Å². The Kier molecular flexibility index (Phi) is 4.94. The maximum atomic E-state index is 12.9. The first-order valence-corrected chi connectivity index (χ1v) is 8.92. The molecule has 1 aromatic rings. The highest BCUT2D eigenvalue weighted by molar-refractivity contribution is 6.32. The summed E-state index contributed by atoms with van der Waals surface area (Å²) in [4.78, 5) is 40.5. The van der Waals surface area contributed by atoms with Gasteiger partial charge in [-0.25, -0.2) is 4.79 Å². The van der Waals surface area contributed by atoms with Gasteiger partial charge in [-0.2, -0.15) is 0 Å². The SMILES string of the molecule is C[C@@H]1CN(C(=O)CN2C(=O)N[C@](C)(c3ccccc3Cl)C2=O)C[C@H](C)O1. The summed E-state index contributed by atoms with van der Waals surface area (Å²) in [7, 11) is 0. The Morgan fingerprint density at radius 2 is 1.88 bits per heavy atom. The summed E-state index contributed by atoms with van der Waals surface area (Å²) >= 11 is 6.20. The van der Waals surface area contributed by atoms with E-state index < -0.39 is 17.5 Å². The molecule has 0 saturated carbocycles. The third-order valence-corrected chi connectivity index (χ3v) is 5.08. The van der Waals surface area contributed by atoms with Crippen molar-refractivity contribution >= 4 is 29.4 Å². The van der Waals surface area contributed by atoms with Gasteiger partial charge in [0.2, 0.25) is 5.91 Å². The zero-order chi connectivity index (χ0) is 19.1. The predicted molar refractivity (Wildman–Crippen MR) is 95.6 cm³/mol. The number of urea groups is 1. The molecule has 2 saturated heterocycles. The molecular weight excluding hydrogens is 358 g/mol. The van der Waals surface area contributed by atoms with Crippen LogP contribution in [0.25, 0.3) is 0 Å². The lowest BCUT2D eigenvalue weighted by Gasteiger charge is -2.35. The lowest BCUT2D eigenvalue weighted by Crippen LogP contribution is -2.52. The van der Waals surface area contributed by atoms with Crippen LogP contribution in [0.2, 0.25) is 5.02 Å². The van der Waals surface area contributed by atoms with Gasteiger partial charge >= 0.3 is 6.03 Å². The predicted octanol–water partition coefficient (Wildman–Crippen LogP) is 1.74. The van der Waals surface area contributed by atoms with Crippen molar-refractivity contribution in [2.45, 2.75) is 38.5 Å². The number of hydrogen-bond acceptors (Lipinski definition) is 4. The normalized spacial score (nSPS) is 29.1. The third-order valence-electron chi connectivity index (χ3n) is 4.75. The van der Waals surface area contributed by atoms with Crippen LogP contribution in [0.5, 0.6) is 0 Å². The Morgan fingerprint density at radius 3 is 2.50 bits per heavy atom. The average Bonchev–Trinajstić information content (AvgIpc) is 2.78. The summed E-state index contributed by atoms with van der Waals surface area (Å²) in [5.74, 6) is -0.766. The fraction of sp³-hybridized carbons (Fsp3) is 0.500. The molecule has 1 N–H and O–H groups in total. The lowest BCUT2D eigenvalue weighted by atomic mass is 9.92. The lowest BCUT2D eigenvalue weighted by molar-refractivity contribution is -0.146. The summed E-state index contributed by atoms with van der Waals surface area (Å²) in [6, 6.07) is 6.25. The van der Waals surface area contributed by atoms with E-state index in [1.807, 2.05) is 13.8 Å². The van der Waals surface area contributed by atoms with E-state index in [2.05, 4.69) is 5.32 Å². The molecule has 0 aliphatic carbocycles. The van der Waals surface area contributed by atoms with E-state index in [1.165, 1.54) is 0 Å². The van der Waals surface area contributed by atoms with Crippen LogP contribution < -0.4 is 5.32 Å². The number of halogens is 1. The maximum absolute atomic E-state index is 12.9.